The third kappa shape index (κ3) is 3.68. The summed E-state index contributed by atoms with van der Waals surface area (Å²) in [5, 5.41) is 9.31. The monoisotopic (exact) mass is 393 g/mol. The number of rotatable bonds is 5. The molecule has 3 aromatic carbocycles. The SMILES string of the molecule is COc1cc2ccccc2cc1C(=O)NCc1nc(-c2ccc(Cl)cc2)no1. The predicted octanol–water partition coefficient (Wildman–Crippen LogP) is 4.48. The molecule has 0 bridgehead atoms. The Bertz CT molecular complexity index is 1140. The Morgan fingerprint density at radius 1 is 1.11 bits per heavy atom. The molecule has 4 rings (SSSR count). The van der Waals surface area contributed by atoms with Crippen LogP contribution in [0.4, 0.5) is 0 Å². The molecule has 0 unspecified atom stereocenters. The number of amides is 1. The van der Waals surface area contributed by atoms with Crippen LogP contribution in [0.1, 0.15) is 16.2 Å². The lowest BCUT2D eigenvalue weighted by Crippen LogP contribution is -2.23. The Hall–Kier alpha value is -3.38. The van der Waals surface area contributed by atoms with Gasteiger partial charge in [-0.15, -0.1) is 0 Å². The zero-order chi connectivity index (χ0) is 19.5. The van der Waals surface area contributed by atoms with Crippen molar-refractivity contribution < 1.29 is 14.1 Å². The summed E-state index contributed by atoms with van der Waals surface area (Å²) in [5.41, 5.74) is 1.22. The Morgan fingerprint density at radius 2 is 1.82 bits per heavy atom. The quantitative estimate of drug-likeness (QED) is 0.540. The third-order valence-electron chi connectivity index (χ3n) is 4.28. The van der Waals surface area contributed by atoms with E-state index in [9.17, 15) is 4.79 Å². The van der Waals surface area contributed by atoms with Gasteiger partial charge in [0.2, 0.25) is 11.7 Å². The number of aromatic nitrogens is 2. The summed E-state index contributed by atoms with van der Waals surface area (Å²) >= 11 is 5.89. The maximum Gasteiger partial charge on any atom is 0.255 e. The maximum atomic E-state index is 12.7. The van der Waals surface area contributed by atoms with E-state index in [2.05, 4.69) is 15.5 Å². The van der Waals surface area contributed by atoms with Crippen LogP contribution in [-0.4, -0.2) is 23.2 Å². The Morgan fingerprint density at radius 3 is 2.54 bits per heavy atom. The highest BCUT2D eigenvalue weighted by molar-refractivity contribution is 6.30. The number of benzene rings is 3. The van der Waals surface area contributed by atoms with Crippen LogP contribution in [0.3, 0.4) is 0 Å². The van der Waals surface area contributed by atoms with Crippen LogP contribution < -0.4 is 10.1 Å². The normalized spacial score (nSPS) is 10.8. The second-order valence-electron chi connectivity index (χ2n) is 6.10. The van der Waals surface area contributed by atoms with E-state index in [0.29, 0.717) is 28.1 Å². The molecule has 1 N–H and O–H groups in total. The first-order valence-electron chi connectivity index (χ1n) is 8.57. The molecule has 1 amide bonds. The molecular weight excluding hydrogens is 378 g/mol. The lowest BCUT2D eigenvalue weighted by molar-refractivity contribution is 0.0943. The van der Waals surface area contributed by atoms with Crippen LogP contribution >= 0.6 is 11.6 Å². The van der Waals surface area contributed by atoms with Gasteiger partial charge < -0.3 is 14.6 Å². The molecule has 1 aromatic heterocycles. The van der Waals surface area contributed by atoms with Crippen molar-refractivity contribution in [1.29, 1.82) is 0 Å². The van der Waals surface area contributed by atoms with E-state index in [1.807, 2.05) is 30.3 Å². The van der Waals surface area contributed by atoms with Gasteiger partial charge in [0.05, 0.1) is 19.2 Å². The number of hydrogen-bond donors (Lipinski definition) is 1. The zero-order valence-electron chi connectivity index (χ0n) is 15.0. The Balaban J connectivity index is 1.50. The molecule has 0 spiro atoms. The van der Waals surface area contributed by atoms with Crippen LogP contribution in [0.5, 0.6) is 5.75 Å². The number of hydrogen-bond acceptors (Lipinski definition) is 5. The molecule has 0 aliphatic heterocycles. The Kier molecular flexibility index (Phi) is 4.95. The number of fused-ring (bicyclic) bond motifs is 1. The van der Waals surface area contributed by atoms with E-state index >= 15 is 0 Å². The summed E-state index contributed by atoms with van der Waals surface area (Å²) in [5.74, 6) is 0.958. The van der Waals surface area contributed by atoms with Crippen LogP contribution in [0.15, 0.2) is 65.2 Å². The van der Waals surface area contributed by atoms with Gasteiger partial charge >= 0.3 is 0 Å². The first kappa shape index (κ1) is 18.0. The van der Waals surface area contributed by atoms with Gasteiger partial charge in [-0.2, -0.15) is 4.98 Å². The molecule has 1 heterocycles. The minimum Gasteiger partial charge on any atom is -0.496 e. The molecule has 0 radical (unpaired) electrons. The molecule has 6 nitrogen and oxygen atoms in total. The highest BCUT2D eigenvalue weighted by Gasteiger charge is 2.15. The van der Waals surface area contributed by atoms with Gasteiger partial charge in [0.15, 0.2) is 0 Å². The number of halogens is 1. The van der Waals surface area contributed by atoms with E-state index < -0.39 is 0 Å². The van der Waals surface area contributed by atoms with Crippen LogP contribution in [0.25, 0.3) is 22.2 Å². The topological polar surface area (TPSA) is 77.2 Å². The number of carbonyl (C=O) groups is 1. The fraction of sp³-hybridized carbons (Fsp3) is 0.0952. The van der Waals surface area contributed by atoms with Gasteiger partial charge in [0.25, 0.3) is 5.91 Å². The van der Waals surface area contributed by atoms with Crippen LogP contribution in [0, 0.1) is 0 Å². The van der Waals surface area contributed by atoms with E-state index in [1.54, 1.807) is 30.3 Å². The smallest absolute Gasteiger partial charge is 0.255 e. The number of carbonyl (C=O) groups excluding carboxylic acids is 1. The fourth-order valence-electron chi connectivity index (χ4n) is 2.86. The first-order valence-corrected chi connectivity index (χ1v) is 8.95. The van der Waals surface area contributed by atoms with Gasteiger partial charge in [-0.05, 0) is 47.2 Å². The van der Waals surface area contributed by atoms with Gasteiger partial charge in [-0.3, -0.25) is 4.79 Å². The van der Waals surface area contributed by atoms with Gasteiger partial charge in [-0.25, -0.2) is 0 Å². The van der Waals surface area contributed by atoms with Gasteiger partial charge in [0.1, 0.15) is 5.75 Å². The molecule has 0 aliphatic carbocycles. The van der Waals surface area contributed by atoms with Crippen molar-refractivity contribution in [1.82, 2.24) is 15.5 Å². The number of ether oxygens (including phenoxy) is 1. The summed E-state index contributed by atoms with van der Waals surface area (Å²) in [7, 11) is 1.54. The largest absolute Gasteiger partial charge is 0.496 e. The third-order valence-corrected chi connectivity index (χ3v) is 4.54. The zero-order valence-corrected chi connectivity index (χ0v) is 15.7. The highest BCUT2D eigenvalue weighted by atomic mass is 35.5. The predicted molar refractivity (Wildman–Crippen MR) is 106 cm³/mol. The van der Waals surface area contributed by atoms with Crippen LogP contribution in [-0.2, 0) is 6.54 Å². The average Bonchev–Trinajstić information content (AvgIpc) is 3.20. The molecule has 140 valence electrons. The lowest BCUT2D eigenvalue weighted by atomic mass is 10.1. The summed E-state index contributed by atoms with van der Waals surface area (Å²) in [6.45, 7) is 0.107. The molecule has 28 heavy (non-hydrogen) atoms. The van der Waals surface area contributed by atoms with Crippen molar-refractivity contribution in [2.75, 3.05) is 7.11 Å². The van der Waals surface area contributed by atoms with Crippen molar-refractivity contribution in [2.45, 2.75) is 6.54 Å². The summed E-state index contributed by atoms with van der Waals surface area (Å²) in [6.07, 6.45) is 0. The van der Waals surface area contributed by atoms with Crippen molar-refractivity contribution in [2.24, 2.45) is 0 Å². The minimum atomic E-state index is -0.283. The molecule has 0 fully saturated rings. The molecule has 0 atom stereocenters. The molecular formula is C21H16ClN3O3. The summed E-state index contributed by atoms with van der Waals surface area (Å²) in [4.78, 5) is 17.0. The molecule has 0 saturated heterocycles. The second kappa shape index (κ2) is 7.70. The summed E-state index contributed by atoms with van der Waals surface area (Å²) < 4.78 is 10.6. The molecule has 0 aliphatic rings. The minimum absolute atomic E-state index is 0.107. The second-order valence-corrected chi connectivity index (χ2v) is 6.54. The first-order chi connectivity index (χ1) is 13.6. The van der Waals surface area contributed by atoms with E-state index in [1.165, 1.54) is 7.11 Å². The number of nitrogens with zero attached hydrogens (tertiary/aromatic N) is 2. The van der Waals surface area contributed by atoms with Gasteiger partial charge in [0, 0.05) is 10.6 Å². The highest BCUT2D eigenvalue weighted by Crippen LogP contribution is 2.26. The van der Waals surface area contributed by atoms with Gasteiger partial charge in [-0.1, -0.05) is 41.0 Å². The molecule has 7 heteroatoms. The standard InChI is InChI=1S/C21H16ClN3O3/c1-27-18-11-15-5-3-2-4-14(15)10-17(18)21(26)23-12-19-24-20(25-28-19)13-6-8-16(22)9-7-13/h2-11H,12H2,1H3,(H,23,26). The maximum absolute atomic E-state index is 12.7. The van der Waals surface area contributed by atoms with Crippen LogP contribution in [0.2, 0.25) is 5.02 Å². The molecule has 4 aromatic rings. The molecule has 0 saturated carbocycles. The fourth-order valence-corrected chi connectivity index (χ4v) is 2.99. The van der Waals surface area contributed by atoms with Crippen molar-refractivity contribution in [3.05, 3.63) is 77.1 Å². The van der Waals surface area contributed by atoms with E-state index in [-0.39, 0.29) is 12.5 Å². The number of nitrogens with one attached hydrogen (secondary N) is 1. The average molecular weight is 394 g/mol. The van der Waals surface area contributed by atoms with Crippen molar-refractivity contribution >= 4 is 28.3 Å². The summed E-state index contributed by atoms with van der Waals surface area (Å²) in [6, 6.07) is 18.5. The van der Waals surface area contributed by atoms with Crippen molar-refractivity contribution in [3.63, 3.8) is 0 Å². The van der Waals surface area contributed by atoms with Crippen molar-refractivity contribution in [3.8, 4) is 17.1 Å². The lowest BCUT2D eigenvalue weighted by Gasteiger charge is -2.10. The Labute approximate surface area is 166 Å². The van der Waals surface area contributed by atoms with E-state index in [4.69, 9.17) is 20.9 Å². The number of methoxy groups -OCH3 is 1. The van der Waals surface area contributed by atoms with E-state index in [0.717, 1.165) is 16.3 Å².